The van der Waals surface area contributed by atoms with Gasteiger partial charge in [0.1, 0.15) is 9.22 Å². The summed E-state index contributed by atoms with van der Waals surface area (Å²) >= 11 is 2.70. The van der Waals surface area contributed by atoms with Crippen molar-refractivity contribution in [2.24, 2.45) is 0 Å². The Hall–Kier alpha value is -2.07. The fourth-order valence-corrected chi connectivity index (χ4v) is 5.68. The summed E-state index contributed by atoms with van der Waals surface area (Å²) in [6, 6.07) is 11.4. The first-order valence-electron chi connectivity index (χ1n) is 8.68. The molecular weight excluding hydrogens is 414 g/mol. The molecule has 2 N–H and O–H groups in total. The number of thiophene rings is 1. The molecule has 0 spiro atoms. The number of aryl methyl sites for hydroxylation is 1. The molecule has 28 heavy (non-hydrogen) atoms. The minimum absolute atomic E-state index is 0.149. The van der Waals surface area contributed by atoms with Crippen LogP contribution in [0.2, 0.25) is 0 Å². The molecule has 0 bridgehead atoms. The van der Waals surface area contributed by atoms with E-state index in [1.807, 2.05) is 36.6 Å². The number of carbonyl (C=O) groups is 1. The van der Waals surface area contributed by atoms with Crippen LogP contribution in [0.5, 0.6) is 0 Å². The zero-order valence-corrected chi connectivity index (χ0v) is 18.0. The monoisotopic (exact) mass is 435 g/mol. The van der Waals surface area contributed by atoms with Crippen LogP contribution in [0.3, 0.4) is 0 Å². The first-order chi connectivity index (χ1) is 13.3. The second-order valence-electron chi connectivity index (χ2n) is 6.29. The van der Waals surface area contributed by atoms with Crippen LogP contribution in [-0.2, 0) is 27.8 Å². The van der Waals surface area contributed by atoms with Gasteiger partial charge in [-0.15, -0.1) is 22.7 Å². The van der Waals surface area contributed by atoms with Crippen LogP contribution in [0.1, 0.15) is 23.1 Å². The SMILES string of the molecule is CC(=O)NCc1ccc(S(=O)(=O)NCCc2csc(-c3ccc(C)cc3)n2)s1. The fourth-order valence-electron chi connectivity index (χ4n) is 2.44. The lowest BCUT2D eigenvalue weighted by Crippen LogP contribution is -2.25. The van der Waals surface area contributed by atoms with Gasteiger partial charge in [-0.1, -0.05) is 29.8 Å². The molecule has 0 atom stereocenters. The molecule has 6 nitrogen and oxygen atoms in total. The van der Waals surface area contributed by atoms with E-state index in [-0.39, 0.29) is 16.7 Å². The van der Waals surface area contributed by atoms with E-state index >= 15 is 0 Å². The second-order valence-corrected chi connectivity index (χ2v) is 10.3. The Morgan fingerprint density at radius 3 is 2.61 bits per heavy atom. The molecule has 2 aromatic heterocycles. The average Bonchev–Trinajstić information content (AvgIpc) is 3.30. The van der Waals surface area contributed by atoms with Crippen molar-refractivity contribution in [3.63, 3.8) is 0 Å². The predicted molar refractivity (Wildman–Crippen MR) is 113 cm³/mol. The summed E-state index contributed by atoms with van der Waals surface area (Å²) in [6.07, 6.45) is 0.520. The van der Waals surface area contributed by atoms with Gasteiger partial charge in [0.05, 0.1) is 12.2 Å². The van der Waals surface area contributed by atoms with Crippen LogP contribution in [0.25, 0.3) is 10.6 Å². The van der Waals surface area contributed by atoms with Crippen LogP contribution in [-0.4, -0.2) is 25.9 Å². The molecule has 9 heteroatoms. The first kappa shape index (κ1) is 20.7. The zero-order valence-electron chi connectivity index (χ0n) is 15.6. The lowest BCUT2D eigenvalue weighted by Gasteiger charge is -2.03. The summed E-state index contributed by atoms with van der Waals surface area (Å²) < 4.78 is 27.7. The maximum atomic E-state index is 12.4. The highest BCUT2D eigenvalue weighted by Gasteiger charge is 2.16. The number of thiazole rings is 1. The summed E-state index contributed by atoms with van der Waals surface area (Å²) in [7, 11) is -3.57. The van der Waals surface area contributed by atoms with Crippen LogP contribution in [0.15, 0.2) is 46.0 Å². The van der Waals surface area contributed by atoms with Gasteiger partial charge in [-0.3, -0.25) is 4.79 Å². The van der Waals surface area contributed by atoms with E-state index in [0.717, 1.165) is 32.5 Å². The molecular formula is C19H21N3O3S3. The lowest BCUT2D eigenvalue weighted by molar-refractivity contribution is -0.119. The molecule has 1 aromatic carbocycles. The normalized spacial score (nSPS) is 11.5. The van der Waals surface area contributed by atoms with Gasteiger partial charge in [0, 0.05) is 35.7 Å². The van der Waals surface area contributed by atoms with Gasteiger partial charge in [-0.2, -0.15) is 0 Å². The minimum atomic E-state index is -3.57. The molecule has 1 amide bonds. The number of nitrogens with zero attached hydrogens (tertiary/aromatic N) is 1. The highest BCUT2D eigenvalue weighted by atomic mass is 32.2. The Balaban J connectivity index is 1.55. The predicted octanol–water partition coefficient (Wildman–Crippen LogP) is 3.34. The highest BCUT2D eigenvalue weighted by molar-refractivity contribution is 7.91. The van der Waals surface area contributed by atoms with Gasteiger partial charge in [-0.25, -0.2) is 18.1 Å². The molecule has 3 aromatic rings. The summed E-state index contributed by atoms with van der Waals surface area (Å²) in [5, 5.41) is 5.55. The average molecular weight is 436 g/mol. The number of carbonyl (C=O) groups excluding carboxylic acids is 1. The van der Waals surface area contributed by atoms with E-state index in [4.69, 9.17) is 0 Å². The van der Waals surface area contributed by atoms with Gasteiger partial charge in [0.15, 0.2) is 0 Å². The van der Waals surface area contributed by atoms with Crippen LogP contribution in [0.4, 0.5) is 0 Å². The van der Waals surface area contributed by atoms with E-state index < -0.39 is 10.0 Å². The lowest BCUT2D eigenvalue weighted by atomic mass is 10.2. The number of sulfonamides is 1. The summed E-state index contributed by atoms with van der Waals surface area (Å²) in [4.78, 5) is 16.3. The summed E-state index contributed by atoms with van der Waals surface area (Å²) in [6.45, 7) is 4.07. The smallest absolute Gasteiger partial charge is 0.250 e. The van der Waals surface area contributed by atoms with Crippen molar-refractivity contribution in [3.8, 4) is 10.6 Å². The standard InChI is InChI=1S/C19H21N3O3S3/c1-13-3-5-15(6-4-13)19-22-16(12-26-19)9-10-21-28(24,25)18-8-7-17(27-18)11-20-14(2)23/h3-8,12,21H,9-11H2,1-2H3,(H,20,23). The van der Waals surface area contributed by atoms with Crippen molar-refractivity contribution in [1.82, 2.24) is 15.0 Å². The molecule has 2 heterocycles. The quantitative estimate of drug-likeness (QED) is 0.568. The molecule has 3 rings (SSSR count). The number of hydrogen-bond acceptors (Lipinski definition) is 6. The van der Waals surface area contributed by atoms with Gasteiger partial charge in [0.2, 0.25) is 15.9 Å². The van der Waals surface area contributed by atoms with Crippen LogP contribution >= 0.6 is 22.7 Å². The largest absolute Gasteiger partial charge is 0.351 e. The van der Waals surface area contributed by atoms with Crippen LogP contribution < -0.4 is 10.0 Å². The Morgan fingerprint density at radius 2 is 1.89 bits per heavy atom. The maximum absolute atomic E-state index is 12.4. The van der Waals surface area contributed by atoms with E-state index in [9.17, 15) is 13.2 Å². The maximum Gasteiger partial charge on any atom is 0.250 e. The molecule has 0 saturated heterocycles. The van der Waals surface area contributed by atoms with E-state index in [0.29, 0.717) is 13.0 Å². The molecule has 0 unspecified atom stereocenters. The number of amides is 1. The van der Waals surface area contributed by atoms with Crippen molar-refractivity contribution < 1.29 is 13.2 Å². The van der Waals surface area contributed by atoms with Crippen molar-refractivity contribution in [1.29, 1.82) is 0 Å². The Labute approximate surface area is 172 Å². The third-order valence-corrected chi connectivity index (χ3v) is 7.92. The first-order valence-corrected chi connectivity index (χ1v) is 11.9. The zero-order chi connectivity index (χ0) is 20.1. The van der Waals surface area contributed by atoms with E-state index in [1.165, 1.54) is 12.5 Å². The Morgan fingerprint density at radius 1 is 1.14 bits per heavy atom. The number of benzene rings is 1. The number of nitrogens with one attached hydrogen (secondary N) is 2. The summed E-state index contributed by atoms with van der Waals surface area (Å²) in [5.41, 5.74) is 3.12. The molecule has 0 aliphatic carbocycles. The Bertz CT molecular complexity index is 1050. The second kappa shape index (κ2) is 8.95. The highest BCUT2D eigenvalue weighted by Crippen LogP contribution is 2.24. The van der Waals surface area contributed by atoms with Crippen molar-refractivity contribution in [2.45, 2.75) is 31.0 Å². The third kappa shape index (κ3) is 5.48. The molecule has 0 saturated carbocycles. The molecule has 0 fully saturated rings. The van der Waals surface area contributed by atoms with Gasteiger partial charge in [0.25, 0.3) is 0 Å². The number of hydrogen-bond donors (Lipinski definition) is 2. The van der Waals surface area contributed by atoms with E-state index in [1.54, 1.807) is 23.5 Å². The molecule has 148 valence electrons. The number of rotatable bonds is 8. The molecule has 0 radical (unpaired) electrons. The van der Waals surface area contributed by atoms with Gasteiger partial charge >= 0.3 is 0 Å². The fraction of sp³-hybridized carbons (Fsp3) is 0.263. The van der Waals surface area contributed by atoms with Crippen molar-refractivity contribution in [3.05, 3.63) is 57.9 Å². The van der Waals surface area contributed by atoms with Crippen molar-refractivity contribution in [2.75, 3.05) is 6.54 Å². The molecule has 0 aliphatic heterocycles. The molecule has 0 aliphatic rings. The van der Waals surface area contributed by atoms with Crippen LogP contribution in [0, 0.1) is 6.92 Å². The Kier molecular flexibility index (Phi) is 6.61. The topological polar surface area (TPSA) is 88.2 Å². The summed E-state index contributed by atoms with van der Waals surface area (Å²) in [5.74, 6) is -0.149. The van der Waals surface area contributed by atoms with E-state index in [2.05, 4.69) is 15.0 Å². The number of aromatic nitrogens is 1. The van der Waals surface area contributed by atoms with Gasteiger partial charge < -0.3 is 5.32 Å². The van der Waals surface area contributed by atoms with Gasteiger partial charge in [-0.05, 0) is 19.1 Å². The minimum Gasteiger partial charge on any atom is -0.351 e. The van der Waals surface area contributed by atoms with Crippen molar-refractivity contribution >= 4 is 38.6 Å². The third-order valence-electron chi connectivity index (χ3n) is 3.94.